The summed E-state index contributed by atoms with van der Waals surface area (Å²) in [6.07, 6.45) is 2.19. The van der Waals surface area contributed by atoms with Crippen LogP contribution in [0.2, 0.25) is 5.02 Å². The number of aromatic amines is 1. The van der Waals surface area contributed by atoms with Crippen LogP contribution in [0.15, 0.2) is 35.4 Å². The van der Waals surface area contributed by atoms with Crippen LogP contribution in [0.25, 0.3) is 0 Å². The van der Waals surface area contributed by atoms with Crippen molar-refractivity contribution in [1.82, 2.24) is 9.97 Å². The van der Waals surface area contributed by atoms with Crippen molar-refractivity contribution in [3.8, 4) is 0 Å². The summed E-state index contributed by atoms with van der Waals surface area (Å²) in [6, 6.07) is 8.30. The molecule has 0 radical (unpaired) electrons. The smallest absolute Gasteiger partial charge is 0.271 e. The molecule has 2 N–H and O–H groups in total. The summed E-state index contributed by atoms with van der Waals surface area (Å²) >= 11 is 5.83. The largest absolute Gasteiger partial charge is 0.368 e. The van der Waals surface area contributed by atoms with Crippen molar-refractivity contribution < 1.29 is 0 Å². The van der Waals surface area contributed by atoms with E-state index in [0.29, 0.717) is 12.4 Å². The first-order valence-corrected chi connectivity index (χ1v) is 6.07. The molecule has 1 heterocycles. The van der Waals surface area contributed by atoms with Crippen molar-refractivity contribution >= 4 is 17.4 Å². The topological polar surface area (TPSA) is 57.8 Å². The predicted molar refractivity (Wildman–Crippen MR) is 73.2 cm³/mol. The average Bonchev–Trinajstić information content (AvgIpc) is 2.35. The summed E-state index contributed by atoms with van der Waals surface area (Å²) in [4.78, 5) is 17.7. The lowest BCUT2D eigenvalue weighted by atomic mass is 10.1. The van der Waals surface area contributed by atoms with Gasteiger partial charge in [-0.1, -0.05) is 41.4 Å². The molecule has 0 saturated carbocycles. The van der Waals surface area contributed by atoms with E-state index in [9.17, 15) is 4.79 Å². The van der Waals surface area contributed by atoms with Gasteiger partial charge in [0.15, 0.2) is 5.82 Å². The molecule has 0 aliphatic rings. The van der Waals surface area contributed by atoms with Crippen molar-refractivity contribution in [3.63, 3.8) is 0 Å². The van der Waals surface area contributed by atoms with E-state index in [2.05, 4.69) is 40.4 Å². The van der Waals surface area contributed by atoms with Crippen molar-refractivity contribution in [2.45, 2.75) is 13.3 Å². The zero-order valence-electron chi connectivity index (χ0n) is 10.0. The Morgan fingerprint density at radius 1 is 1.44 bits per heavy atom. The Bertz CT molecular complexity index is 595. The average molecular weight is 264 g/mol. The Morgan fingerprint density at radius 2 is 2.28 bits per heavy atom. The maximum Gasteiger partial charge on any atom is 0.271 e. The molecule has 1 aromatic heterocycles. The molecule has 0 spiro atoms. The van der Waals surface area contributed by atoms with Gasteiger partial charge in [0.2, 0.25) is 0 Å². The molecular formula is C13H14ClN3O. The highest BCUT2D eigenvalue weighted by atomic mass is 35.5. The second-order valence-electron chi connectivity index (χ2n) is 4.06. The fraction of sp³-hybridized carbons (Fsp3) is 0.231. The Morgan fingerprint density at radius 3 is 3.06 bits per heavy atom. The maximum atomic E-state index is 11.3. The van der Waals surface area contributed by atoms with Gasteiger partial charge in [-0.15, -0.1) is 0 Å². The predicted octanol–water partition coefficient (Wildman–Crippen LogP) is 2.39. The normalized spacial score (nSPS) is 10.3. The highest BCUT2D eigenvalue weighted by molar-refractivity contribution is 6.32. The minimum absolute atomic E-state index is 0.0988. The van der Waals surface area contributed by atoms with E-state index < -0.39 is 0 Å². The molecule has 94 valence electrons. The van der Waals surface area contributed by atoms with Crippen LogP contribution < -0.4 is 10.9 Å². The summed E-state index contributed by atoms with van der Waals surface area (Å²) < 4.78 is 0. The summed E-state index contributed by atoms with van der Waals surface area (Å²) in [6.45, 7) is 2.74. The Hall–Kier alpha value is -1.81. The van der Waals surface area contributed by atoms with Gasteiger partial charge in [0.1, 0.15) is 5.02 Å². The van der Waals surface area contributed by atoms with E-state index in [1.54, 1.807) is 0 Å². The number of nitrogens with zero attached hydrogens (tertiary/aromatic N) is 1. The van der Waals surface area contributed by atoms with Crippen LogP contribution in [0.4, 0.5) is 5.82 Å². The number of nitrogens with one attached hydrogen (secondary N) is 2. The fourth-order valence-corrected chi connectivity index (χ4v) is 1.87. The minimum Gasteiger partial charge on any atom is -0.368 e. The zero-order chi connectivity index (χ0) is 13.0. The number of aryl methyl sites for hydroxylation is 1. The van der Waals surface area contributed by atoms with Crippen LogP contribution in [-0.4, -0.2) is 16.5 Å². The van der Waals surface area contributed by atoms with Gasteiger partial charge < -0.3 is 10.3 Å². The standard InChI is InChI=1S/C13H14ClN3O/c1-9-3-2-4-10(7-9)5-6-15-12-11(14)13(18)17-8-16-12/h2-4,7-8H,5-6H2,1H3,(H2,15,16,17,18). The lowest BCUT2D eigenvalue weighted by Gasteiger charge is -2.06. The monoisotopic (exact) mass is 263 g/mol. The molecule has 0 aliphatic heterocycles. The van der Waals surface area contributed by atoms with E-state index in [-0.39, 0.29) is 10.6 Å². The molecule has 0 unspecified atom stereocenters. The zero-order valence-corrected chi connectivity index (χ0v) is 10.8. The molecule has 0 saturated heterocycles. The molecule has 5 heteroatoms. The van der Waals surface area contributed by atoms with Gasteiger partial charge in [-0.05, 0) is 18.9 Å². The third-order valence-corrected chi connectivity index (χ3v) is 2.94. The summed E-state index contributed by atoms with van der Waals surface area (Å²) in [5.74, 6) is 0.424. The number of H-pyrrole nitrogens is 1. The SMILES string of the molecule is Cc1cccc(CCNc2nc[nH]c(=O)c2Cl)c1. The van der Waals surface area contributed by atoms with E-state index in [1.165, 1.54) is 17.5 Å². The van der Waals surface area contributed by atoms with Gasteiger partial charge in [0.05, 0.1) is 6.33 Å². The van der Waals surface area contributed by atoms with Crippen molar-refractivity contribution in [2.24, 2.45) is 0 Å². The third kappa shape index (κ3) is 3.11. The van der Waals surface area contributed by atoms with Gasteiger partial charge in [0, 0.05) is 6.54 Å². The van der Waals surface area contributed by atoms with E-state index >= 15 is 0 Å². The molecule has 0 aliphatic carbocycles. The summed E-state index contributed by atoms with van der Waals surface area (Å²) in [5, 5.41) is 3.16. The van der Waals surface area contributed by atoms with Crippen LogP contribution in [0.3, 0.4) is 0 Å². The maximum absolute atomic E-state index is 11.3. The lowest BCUT2D eigenvalue weighted by molar-refractivity contribution is 0.992. The van der Waals surface area contributed by atoms with Crippen LogP contribution in [0, 0.1) is 6.92 Å². The summed E-state index contributed by atoms with van der Waals surface area (Å²) in [5.41, 5.74) is 2.15. The molecular weight excluding hydrogens is 250 g/mol. The Balaban J connectivity index is 1.97. The molecule has 1 aromatic carbocycles. The number of halogens is 1. The van der Waals surface area contributed by atoms with Gasteiger partial charge >= 0.3 is 0 Å². The summed E-state index contributed by atoms with van der Waals surface area (Å²) in [7, 11) is 0. The van der Waals surface area contributed by atoms with E-state index in [4.69, 9.17) is 11.6 Å². The molecule has 4 nitrogen and oxygen atoms in total. The van der Waals surface area contributed by atoms with Crippen molar-refractivity contribution in [2.75, 3.05) is 11.9 Å². The van der Waals surface area contributed by atoms with Crippen molar-refractivity contribution in [3.05, 3.63) is 57.1 Å². The van der Waals surface area contributed by atoms with Gasteiger partial charge in [-0.2, -0.15) is 0 Å². The molecule has 2 aromatic rings. The second kappa shape index (κ2) is 5.69. The first-order chi connectivity index (χ1) is 8.66. The van der Waals surface area contributed by atoms with Crippen LogP contribution in [0.5, 0.6) is 0 Å². The second-order valence-corrected chi connectivity index (χ2v) is 4.44. The highest BCUT2D eigenvalue weighted by Gasteiger charge is 2.04. The van der Waals surface area contributed by atoms with E-state index in [1.807, 2.05) is 6.07 Å². The van der Waals surface area contributed by atoms with Crippen LogP contribution in [0.1, 0.15) is 11.1 Å². The third-order valence-electron chi connectivity index (χ3n) is 2.59. The Kier molecular flexibility index (Phi) is 3.99. The Labute approximate surface area is 110 Å². The number of rotatable bonds is 4. The van der Waals surface area contributed by atoms with Crippen LogP contribution in [-0.2, 0) is 6.42 Å². The molecule has 0 atom stereocenters. The molecule has 18 heavy (non-hydrogen) atoms. The lowest BCUT2D eigenvalue weighted by Crippen LogP contribution is -2.13. The number of benzene rings is 1. The van der Waals surface area contributed by atoms with Crippen LogP contribution >= 0.6 is 11.6 Å². The molecule has 0 amide bonds. The molecule has 0 bridgehead atoms. The minimum atomic E-state index is -0.329. The van der Waals surface area contributed by atoms with Crippen molar-refractivity contribution in [1.29, 1.82) is 0 Å². The van der Waals surface area contributed by atoms with Gasteiger partial charge in [-0.25, -0.2) is 4.98 Å². The quantitative estimate of drug-likeness (QED) is 0.891. The number of aromatic nitrogens is 2. The van der Waals surface area contributed by atoms with Gasteiger partial charge in [0.25, 0.3) is 5.56 Å². The van der Waals surface area contributed by atoms with Gasteiger partial charge in [-0.3, -0.25) is 4.79 Å². The fourth-order valence-electron chi connectivity index (χ4n) is 1.70. The molecule has 2 rings (SSSR count). The van der Waals surface area contributed by atoms with E-state index in [0.717, 1.165) is 6.42 Å². The highest BCUT2D eigenvalue weighted by Crippen LogP contribution is 2.12. The first-order valence-electron chi connectivity index (χ1n) is 5.69. The number of anilines is 1. The number of hydrogen-bond acceptors (Lipinski definition) is 3. The number of hydrogen-bond donors (Lipinski definition) is 2. The molecule has 0 fully saturated rings. The first kappa shape index (κ1) is 12.6.